The standard InChI is InChI=1S/C17H20N2O/c1-12(2)16-10-17(20)18-19(16)11-14-8-5-7-13-6-3-4-9-15(13)14/h3-9,12,16H,10-11H2,1-2H3,(H,18,20)/t16-/m1/s1. The van der Waals surface area contributed by atoms with Crippen LogP contribution in [0.1, 0.15) is 25.8 Å². The van der Waals surface area contributed by atoms with Crippen molar-refractivity contribution >= 4 is 16.7 Å². The number of hydrogen-bond donors (Lipinski definition) is 1. The molecule has 0 saturated carbocycles. The Bertz CT molecular complexity index is 630. The van der Waals surface area contributed by atoms with Crippen LogP contribution in [0, 0.1) is 5.92 Å². The first kappa shape index (κ1) is 13.1. The number of hydrogen-bond acceptors (Lipinski definition) is 2. The van der Waals surface area contributed by atoms with E-state index in [4.69, 9.17) is 0 Å². The summed E-state index contributed by atoms with van der Waals surface area (Å²) >= 11 is 0. The summed E-state index contributed by atoms with van der Waals surface area (Å²) in [5.41, 5.74) is 4.25. The molecule has 1 amide bonds. The number of benzene rings is 2. The monoisotopic (exact) mass is 268 g/mol. The van der Waals surface area contributed by atoms with Gasteiger partial charge in [0.05, 0.1) is 0 Å². The number of rotatable bonds is 3. The minimum Gasteiger partial charge on any atom is -0.288 e. The summed E-state index contributed by atoms with van der Waals surface area (Å²) in [5.74, 6) is 0.591. The Morgan fingerprint density at radius 3 is 2.75 bits per heavy atom. The smallest absolute Gasteiger partial charge is 0.235 e. The molecule has 1 aliphatic heterocycles. The zero-order chi connectivity index (χ0) is 14.1. The van der Waals surface area contributed by atoms with E-state index in [0.717, 1.165) is 6.54 Å². The Morgan fingerprint density at radius 1 is 1.20 bits per heavy atom. The van der Waals surface area contributed by atoms with Crippen molar-refractivity contribution in [3.05, 3.63) is 48.0 Å². The van der Waals surface area contributed by atoms with Gasteiger partial charge in [0.2, 0.25) is 5.91 Å². The van der Waals surface area contributed by atoms with E-state index in [1.165, 1.54) is 16.3 Å². The Hall–Kier alpha value is -1.87. The molecule has 3 nitrogen and oxygen atoms in total. The third-order valence-electron chi connectivity index (χ3n) is 4.05. The zero-order valence-electron chi connectivity index (χ0n) is 12.0. The number of fused-ring (bicyclic) bond motifs is 1. The van der Waals surface area contributed by atoms with Gasteiger partial charge in [-0.15, -0.1) is 0 Å². The van der Waals surface area contributed by atoms with Crippen LogP contribution in [0.25, 0.3) is 10.8 Å². The summed E-state index contributed by atoms with van der Waals surface area (Å²) in [6, 6.07) is 15.0. The van der Waals surface area contributed by atoms with E-state index in [2.05, 4.69) is 66.7 Å². The molecule has 1 fully saturated rings. The summed E-state index contributed by atoms with van der Waals surface area (Å²) in [5, 5.41) is 4.60. The molecule has 0 aliphatic carbocycles. The van der Waals surface area contributed by atoms with Gasteiger partial charge in [-0.1, -0.05) is 56.3 Å². The van der Waals surface area contributed by atoms with Crippen molar-refractivity contribution in [2.45, 2.75) is 32.9 Å². The Balaban J connectivity index is 1.91. The van der Waals surface area contributed by atoms with Crippen LogP contribution in [-0.4, -0.2) is 17.0 Å². The molecule has 3 rings (SSSR count). The quantitative estimate of drug-likeness (QED) is 0.927. The lowest BCUT2D eigenvalue weighted by Gasteiger charge is -2.26. The molecule has 1 saturated heterocycles. The van der Waals surface area contributed by atoms with Crippen LogP contribution in [0.4, 0.5) is 0 Å². The van der Waals surface area contributed by atoms with Gasteiger partial charge in [-0.2, -0.15) is 0 Å². The van der Waals surface area contributed by atoms with Gasteiger partial charge in [-0.3, -0.25) is 10.2 Å². The highest BCUT2D eigenvalue weighted by Crippen LogP contribution is 2.24. The van der Waals surface area contributed by atoms with Crippen LogP contribution < -0.4 is 5.43 Å². The van der Waals surface area contributed by atoms with Gasteiger partial charge in [-0.05, 0) is 22.3 Å². The second-order valence-electron chi connectivity index (χ2n) is 5.82. The van der Waals surface area contributed by atoms with E-state index < -0.39 is 0 Å². The van der Waals surface area contributed by atoms with E-state index in [9.17, 15) is 4.79 Å². The molecule has 3 heteroatoms. The van der Waals surface area contributed by atoms with Crippen LogP contribution in [0.15, 0.2) is 42.5 Å². The van der Waals surface area contributed by atoms with E-state index in [-0.39, 0.29) is 11.9 Å². The first-order valence-corrected chi connectivity index (χ1v) is 7.18. The van der Waals surface area contributed by atoms with Crippen molar-refractivity contribution in [1.29, 1.82) is 0 Å². The fourth-order valence-corrected chi connectivity index (χ4v) is 2.96. The molecule has 0 aromatic heterocycles. The van der Waals surface area contributed by atoms with Crippen molar-refractivity contribution in [2.24, 2.45) is 5.92 Å². The molecule has 1 N–H and O–H groups in total. The second kappa shape index (κ2) is 5.25. The van der Waals surface area contributed by atoms with Gasteiger partial charge in [0.15, 0.2) is 0 Å². The van der Waals surface area contributed by atoms with Gasteiger partial charge >= 0.3 is 0 Å². The maximum absolute atomic E-state index is 11.7. The van der Waals surface area contributed by atoms with Crippen LogP contribution in [0.5, 0.6) is 0 Å². The normalized spacial score (nSPS) is 19.8. The summed E-state index contributed by atoms with van der Waals surface area (Å²) in [7, 11) is 0. The Morgan fingerprint density at radius 2 is 1.95 bits per heavy atom. The second-order valence-corrected chi connectivity index (χ2v) is 5.82. The number of nitrogens with one attached hydrogen (secondary N) is 1. The van der Waals surface area contributed by atoms with Crippen molar-refractivity contribution in [3.8, 4) is 0 Å². The molecule has 1 aliphatic rings. The highest BCUT2D eigenvalue weighted by molar-refractivity contribution is 5.85. The van der Waals surface area contributed by atoms with Crippen LogP contribution in [0.3, 0.4) is 0 Å². The molecular formula is C17H20N2O. The molecule has 1 heterocycles. The van der Waals surface area contributed by atoms with Crippen molar-refractivity contribution in [3.63, 3.8) is 0 Å². The molecule has 0 bridgehead atoms. The molecule has 2 aromatic carbocycles. The minimum atomic E-state index is 0.129. The lowest BCUT2D eigenvalue weighted by atomic mass is 10.00. The summed E-state index contributed by atoms with van der Waals surface area (Å²) < 4.78 is 0. The number of carbonyl (C=O) groups is 1. The van der Waals surface area contributed by atoms with E-state index in [1.807, 2.05) is 0 Å². The molecular weight excluding hydrogens is 248 g/mol. The van der Waals surface area contributed by atoms with Crippen LogP contribution in [0.2, 0.25) is 0 Å². The van der Waals surface area contributed by atoms with Gasteiger partial charge in [0, 0.05) is 19.0 Å². The predicted octanol–water partition coefficient (Wildman–Crippen LogP) is 3.10. The van der Waals surface area contributed by atoms with Crippen LogP contribution >= 0.6 is 0 Å². The molecule has 20 heavy (non-hydrogen) atoms. The van der Waals surface area contributed by atoms with Gasteiger partial charge in [0.25, 0.3) is 0 Å². The average molecular weight is 268 g/mol. The molecule has 0 radical (unpaired) electrons. The minimum absolute atomic E-state index is 0.129. The van der Waals surface area contributed by atoms with E-state index in [0.29, 0.717) is 12.3 Å². The van der Waals surface area contributed by atoms with Crippen molar-refractivity contribution in [1.82, 2.24) is 10.4 Å². The molecule has 104 valence electrons. The fraction of sp³-hybridized carbons (Fsp3) is 0.353. The van der Waals surface area contributed by atoms with Crippen molar-refractivity contribution in [2.75, 3.05) is 0 Å². The fourth-order valence-electron chi connectivity index (χ4n) is 2.96. The summed E-state index contributed by atoms with van der Waals surface area (Å²) in [6.07, 6.45) is 0.600. The maximum Gasteiger partial charge on any atom is 0.235 e. The van der Waals surface area contributed by atoms with Gasteiger partial charge in [-0.25, -0.2) is 5.01 Å². The number of carbonyl (C=O) groups excluding carboxylic acids is 1. The van der Waals surface area contributed by atoms with Gasteiger partial charge < -0.3 is 0 Å². The SMILES string of the molecule is CC(C)[C@H]1CC(=O)NN1Cc1cccc2ccccc12. The van der Waals surface area contributed by atoms with Crippen molar-refractivity contribution < 1.29 is 4.79 Å². The summed E-state index contributed by atoms with van der Waals surface area (Å²) in [6.45, 7) is 5.10. The highest BCUT2D eigenvalue weighted by Gasteiger charge is 2.32. The molecule has 2 aromatic rings. The number of hydrazine groups is 1. The number of amides is 1. The van der Waals surface area contributed by atoms with Crippen LogP contribution in [-0.2, 0) is 11.3 Å². The first-order valence-electron chi connectivity index (χ1n) is 7.18. The summed E-state index contributed by atoms with van der Waals surface area (Å²) in [4.78, 5) is 11.7. The lowest BCUT2D eigenvalue weighted by Crippen LogP contribution is -2.40. The lowest BCUT2D eigenvalue weighted by molar-refractivity contribution is -0.121. The van der Waals surface area contributed by atoms with E-state index in [1.54, 1.807) is 0 Å². The molecule has 0 spiro atoms. The topological polar surface area (TPSA) is 32.3 Å². The first-order chi connectivity index (χ1) is 9.65. The highest BCUT2D eigenvalue weighted by atomic mass is 16.2. The van der Waals surface area contributed by atoms with Gasteiger partial charge in [0.1, 0.15) is 0 Å². The maximum atomic E-state index is 11.7. The molecule has 0 unspecified atom stereocenters. The Kier molecular flexibility index (Phi) is 3.45. The van der Waals surface area contributed by atoms with E-state index >= 15 is 0 Å². The third kappa shape index (κ3) is 2.41. The average Bonchev–Trinajstić information content (AvgIpc) is 2.80. The Labute approximate surface area is 119 Å². The number of nitrogens with zero attached hydrogens (tertiary/aromatic N) is 1. The molecule has 1 atom stereocenters. The largest absolute Gasteiger partial charge is 0.288 e. The zero-order valence-corrected chi connectivity index (χ0v) is 12.0. The third-order valence-corrected chi connectivity index (χ3v) is 4.05. The predicted molar refractivity (Wildman–Crippen MR) is 80.9 cm³/mol.